The number of halogens is 1. The first-order valence-corrected chi connectivity index (χ1v) is 12.2. The summed E-state index contributed by atoms with van der Waals surface area (Å²) < 4.78 is 6.74. The van der Waals surface area contributed by atoms with Crippen LogP contribution in [0.1, 0.15) is 36.5 Å². The predicted octanol–water partition coefficient (Wildman–Crippen LogP) is 5.34. The molecule has 0 unspecified atom stereocenters. The third-order valence-corrected chi connectivity index (χ3v) is 6.16. The van der Waals surface area contributed by atoms with Crippen molar-refractivity contribution in [2.45, 2.75) is 38.8 Å². The van der Waals surface area contributed by atoms with E-state index in [4.69, 9.17) is 4.74 Å². The monoisotopic (exact) mass is 522 g/mol. The predicted molar refractivity (Wildman–Crippen MR) is 139 cm³/mol. The Kier molecular flexibility index (Phi) is 9.28. The lowest BCUT2D eigenvalue weighted by molar-refractivity contribution is -0.142. The number of nitrogens with zero attached hydrogens (tertiary/aromatic N) is 1. The smallest absolute Gasteiger partial charge is 0.261 e. The Morgan fingerprint density at radius 1 is 0.941 bits per heavy atom. The molecule has 0 radical (unpaired) electrons. The van der Waals surface area contributed by atoms with E-state index in [1.165, 1.54) is 5.56 Å². The number of carbonyl (C=O) groups is 2. The maximum Gasteiger partial charge on any atom is 0.261 e. The number of hydrogen-bond acceptors (Lipinski definition) is 3. The molecule has 3 aromatic carbocycles. The Hall–Kier alpha value is -3.12. The molecule has 0 aliphatic rings. The van der Waals surface area contributed by atoms with Crippen LogP contribution in [0.2, 0.25) is 0 Å². The van der Waals surface area contributed by atoms with Gasteiger partial charge in [-0.25, -0.2) is 0 Å². The van der Waals surface area contributed by atoms with Crippen molar-refractivity contribution in [2.75, 3.05) is 13.7 Å². The molecule has 0 aromatic heterocycles. The summed E-state index contributed by atoms with van der Waals surface area (Å²) >= 11 is 3.49. The summed E-state index contributed by atoms with van der Waals surface area (Å²) in [5.41, 5.74) is 3.11. The van der Waals surface area contributed by atoms with E-state index in [1.807, 2.05) is 78.9 Å². The van der Waals surface area contributed by atoms with Crippen molar-refractivity contribution in [2.24, 2.45) is 0 Å². The summed E-state index contributed by atoms with van der Waals surface area (Å²) in [4.78, 5) is 28.0. The summed E-state index contributed by atoms with van der Waals surface area (Å²) in [5, 5.41) is 2.73. The van der Waals surface area contributed by atoms with E-state index in [-0.39, 0.29) is 18.4 Å². The van der Waals surface area contributed by atoms with Gasteiger partial charge >= 0.3 is 0 Å². The Balaban J connectivity index is 1.84. The highest BCUT2D eigenvalue weighted by Gasteiger charge is 2.30. The van der Waals surface area contributed by atoms with Gasteiger partial charge in [0.05, 0.1) is 0 Å². The average molecular weight is 523 g/mol. The lowest BCUT2D eigenvalue weighted by Gasteiger charge is -2.31. The minimum Gasteiger partial charge on any atom is -0.484 e. The minimum absolute atomic E-state index is 0.155. The summed E-state index contributed by atoms with van der Waals surface area (Å²) in [5.74, 6) is 0.577. The standard InChI is InChI=1S/C28H31BrN2O3/c1-20(2)23-12-14-25(15-13-23)34-19-27(32)31(18-22-10-7-11-24(29)16-22)26(28(33)30-3)17-21-8-5-4-6-9-21/h4-16,20,26H,17-19H2,1-3H3,(H,30,33)/t26-/m1/s1. The van der Waals surface area contributed by atoms with Crippen LogP contribution in [0.15, 0.2) is 83.3 Å². The van der Waals surface area contributed by atoms with Gasteiger partial charge in [0.15, 0.2) is 6.61 Å². The molecular weight excluding hydrogens is 492 g/mol. The third kappa shape index (κ3) is 7.19. The molecule has 1 N–H and O–H groups in total. The second kappa shape index (κ2) is 12.4. The van der Waals surface area contributed by atoms with E-state index < -0.39 is 6.04 Å². The summed E-state index contributed by atoms with van der Waals surface area (Å²) in [6.07, 6.45) is 0.406. The highest BCUT2D eigenvalue weighted by molar-refractivity contribution is 9.10. The van der Waals surface area contributed by atoms with Crippen molar-refractivity contribution in [3.05, 3.63) is 100 Å². The average Bonchev–Trinajstić information content (AvgIpc) is 2.85. The number of rotatable bonds is 10. The van der Waals surface area contributed by atoms with E-state index in [0.29, 0.717) is 24.6 Å². The molecule has 34 heavy (non-hydrogen) atoms. The second-order valence-corrected chi connectivity index (χ2v) is 9.40. The van der Waals surface area contributed by atoms with E-state index >= 15 is 0 Å². The third-order valence-electron chi connectivity index (χ3n) is 5.67. The zero-order valence-electron chi connectivity index (χ0n) is 19.8. The van der Waals surface area contributed by atoms with Crippen LogP contribution in [-0.4, -0.2) is 36.4 Å². The van der Waals surface area contributed by atoms with Gasteiger partial charge in [0.1, 0.15) is 11.8 Å². The van der Waals surface area contributed by atoms with Crippen molar-refractivity contribution in [3.63, 3.8) is 0 Å². The fourth-order valence-electron chi connectivity index (χ4n) is 3.73. The van der Waals surface area contributed by atoms with Gasteiger partial charge in [0, 0.05) is 24.5 Å². The Labute approximate surface area is 210 Å². The molecule has 0 fully saturated rings. The number of ether oxygens (including phenoxy) is 1. The van der Waals surface area contributed by atoms with Gasteiger partial charge in [-0.3, -0.25) is 9.59 Å². The zero-order valence-corrected chi connectivity index (χ0v) is 21.4. The van der Waals surface area contributed by atoms with Gasteiger partial charge < -0.3 is 15.0 Å². The first kappa shape index (κ1) is 25.5. The molecular formula is C28H31BrN2O3. The summed E-state index contributed by atoms with van der Waals surface area (Å²) in [6.45, 7) is 4.39. The molecule has 0 aliphatic carbocycles. The van der Waals surface area contributed by atoms with Crippen LogP contribution in [-0.2, 0) is 22.6 Å². The van der Waals surface area contributed by atoms with E-state index in [2.05, 4.69) is 35.1 Å². The van der Waals surface area contributed by atoms with Gasteiger partial charge in [-0.05, 0) is 46.9 Å². The summed E-state index contributed by atoms with van der Waals surface area (Å²) in [6, 6.07) is 24.6. The highest BCUT2D eigenvalue weighted by atomic mass is 79.9. The topological polar surface area (TPSA) is 58.6 Å². The van der Waals surface area contributed by atoms with Crippen molar-refractivity contribution in [1.29, 1.82) is 0 Å². The molecule has 6 heteroatoms. The second-order valence-electron chi connectivity index (χ2n) is 8.48. The number of nitrogens with one attached hydrogen (secondary N) is 1. The molecule has 0 spiro atoms. The lowest BCUT2D eigenvalue weighted by Crippen LogP contribution is -2.51. The molecule has 0 bridgehead atoms. The van der Waals surface area contributed by atoms with Crippen LogP contribution >= 0.6 is 15.9 Å². The normalized spacial score (nSPS) is 11.7. The Bertz CT molecular complexity index is 1080. The molecule has 5 nitrogen and oxygen atoms in total. The molecule has 3 aromatic rings. The minimum atomic E-state index is -0.675. The fourth-order valence-corrected chi connectivity index (χ4v) is 4.18. The maximum atomic E-state index is 13.4. The molecule has 178 valence electrons. The van der Waals surface area contributed by atoms with Gasteiger partial charge in [0.2, 0.25) is 5.91 Å². The van der Waals surface area contributed by atoms with Crippen molar-refractivity contribution in [1.82, 2.24) is 10.2 Å². The first-order chi connectivity index (χ1) is 16.4. The number of hydrogen-bond donors (Lipinski definition) is 1. The first-order valence-electron chi connectivity index (χ1n) is 11.4. The molecule has 0 heterocycles. The number of carbonyl (C=O) groups excluding carboxylic acids is 2. The van der Waals surface area contributed by atoms with Gasteiger partial charge in [-0.15, -0.1) is 0 Å². The molecule has 2 amide bonds. The van der Waals surface area contributed by atoms with Gasteiger partial charge in [-0.1, -0.05) is 84.4 Å². The zero-order chi connectivity index (χ0) is 24.5. The number of benzene rings is 3. The van der Waals surface area contributed by atoms with E-state index in [1.54, 1.807) is 11.9 Å². The number of likely N-dealkylation sites (N-methyl/N-ethyl adjacent to an activating group) is 1. The number of amides is 2. The quantitative estimate of drug-likeness (QED) is 0.391. The van der Waals surface area contributed by atoms with Crippen LogP contribution in [0.5, 0.6) is 5.75 Å². The molecule has 0 aliphatic heterocycles. The fraction of sp³-hybridized carbons (Fsp3) is 0.286. The van der Waals surface area contributed by atoms with Crippen LogP contribution in [0.25, 0.3) is 0 Å². The highest BCUT2D eigenvalue weighted by Crippen LogP contribution is 2.20. The van der Waals surface area contributed by atoms with Gasteiger partial charge in [-0.2, -0.15) is 0 Å². The molecule has 1 atom stereocenters. The van der Waals surface area contributed by atoms with Crippen LogP contribution in [0, 0.1) is 0 Å². The molecule has 3 rings (SSSR count). The van der Waals surface area contributed by atoms with Crippen LogP contribution < -0.4 is 10.1 Å². The van der Waals surface area contributed by atoms with E-state index in [9.17, 15) is 9.59 Å². The Morgan fingerprint density at radius 3 is 2.24 bits per heavy atom. The summed E-state index contributed by atoms with van der Waals surface area (Å²) in [7, 11) is 1.59. The molecule has 0 saturated carbocycles. The van der Waals surface area contributed by atoms with Crippen molar-refractivity contribution < 1.29 is 14.3 Å². The Morgan fingerprint density at radius 2 is 1.62 bits per heavy atom. The molecule has 0 saturated heterocycles. The largest absolute Gasteiger partial charge is 0.484 e. The van der Waals surface area contributed by atoms with Crippen molar-refractivity contribution >= 4 is 27.7 Å². The lowest BCUT2D eigenvalue weighted by atomic mass is 10.0. The van der Waals surface area contributed by atoms with Crippen molar-refractivity contribution in [3.8, 4) is 5.75 Å². The van der Waals surface area contributed by atoms with Crippen LogP contribution in [0.4, 0.5) is 0 Å². The SMILES string of the molecule is CNC(=O)[C@@H](Cc1ccccc1)N(Cc1cccc(Br)c1)C(=O)COc1ccc(C(C)C)cc1. The van der Waals surface area contributed by atoms with Crippen LogP contribution in [0.3, 0.4) is 0 Å². The van der Waals surface area contributed by atoms with Gasteiger partial charge in [0.25, 0.3) is 5.91 Å². The van der Waals surface area contributed by atoms with E-state index in [0.717, 1.165) is 15.6 Å². The maximum absolute atomic E-state index is 13.4.